The van der Waals surface area contributed by atoms with Crippen LogP contribution in [0.15, 0.2) is 48.5 Å². The first-order valence-corrected chi connectivity index (χ1v) is 10.6. The van der Waals surface area contributed by atoms with E-state index in [0.29, 0.717) is 5.92 Å². The van der Waals surface area contributed by atoms with Crippen LogP contribution in [0.4, 0.5) is 18.9 Å². The minimum atomic E-state index is -4.43. The molecule has 1 aliphatic rings. The van der Waals surface area contributed by atoms with Gasteiger partial charge in [0.2, 0.25) is 5.91 Å². The van der Waals surface area contributed by atoms with Crippen LogP contribution in [0.3, 0.4) is 0 Å². The molecule has 2 aromatic rings. The second kappa shape index (κ2) is 9.54. The molecule has 2 N–H and O–H groups in total. The Balaban J connectivity index is 1.85. The molecule has 6 heteroatoms. The van der Waals surface area contributed by atoms with Crippen LogP contribution in [0.25, 0.3) is 0 Å². The monoisotopic (exact) mass is 418 g/mol. The van der Waals surface area contributed by atoms with E-state index >= 15 is 0 Å². The lowest BCUT2D eigenvalue weighted by molar-refractivity contribution is -0.137. The Kier molecular flexibility index (Phi) is 7.06. The molecule has 3 rings (SSSR count). The first-order valence-electron chi connectivity index (χ1n) is 10.6. The summed E-state index contributed by atoms with van der Waals surface area (Å²) in [5.41, 5.74) is 1.39. The van der Waals surface area contributed by atoms with Crippen molar-refractivity contribution in [2.75, 3.05) is 5.32 Å². The first-order chi connectivity index (χ1) is 14.2. The molecule has 0 spiro atoms. The van der Waals surface area contributed by atoms with Crippen molar-refractivity contribution in [1.82, 2.24) is 5.32 Å². The van der Waals surface area contributed by atoms with E-state index < -0.39 is 17.8 Å². The molecule has 1 atom stereocenters. The fraction of sp³-hybridized carbons (Fsp3) is 0.458. The van der Waals surface area contributed by atoms with Crippen molar-refractivity contribution in [2.45, 2.75) is 70.1 Å². The molecule has 0 heterocycles. The summed E-state index contributed by atoms with van der Waals surface area (Å²) in [6, 6.07) is 12.0. The van der Waals surface area contributed by atoms with E-state index in [1.807, 2.05) is 24.3 Å². The molecular weight excluding hydrogens is 389 g/mol. The third-order valence-electron chi connectivity index (χ3n) is 5.65. The average Bonchev–Trinajstić information content (AvgIpc) is 2.72. The lowest BCUT2D eigenvalue weighted by atomic mass is 9.94. The summed E-state index contributed by atoms with van der Waals surface area (Å²) in [5.74, 6) is 0.140. The average molecular weight is 419 g/mol. The van der Waals surface area contributed by atoms with Crippen LogP contribution in [-0.2, 0) is 11.0 Å². The standard InChI is InChI=1S/C24H29F3N2O/c1-16(2)17-11-13-18(14-12-17)22(23(30)29-20-8-4-3-5-9-20)28-21-10-6-7-19(15-21)24(25,26)27/h6-7,10-16,20,22,28H,3-5,8-9H2,1-2H3,(H,29,30). The number of hydrogen-bond donors (Lipinski definition) is 2. The summed E-state index contributed by atoms with van der Waals surface area (Å²) in [5, 5.41) is 6.13. The molecule has 1 unspecified atom stereocenters. The quantitative estimate of drug-likeness (QED) is 0.567. The molecule has 0 radical (unpaired) electrons. The van der Waals surface area contributed by atoms with E-state index in [9.17, 15) is 18.0 Å². The third-order valence-corrected chi connectivity index (χ3v) is 5.65. The van der Waals surface area contributed by atoms with E-state index in [1.54, 1.807) is 6.07 Å². The molecule has 1 aliphatic carbocycles. The van der Waals surface area contributed by atoms with Crippen molar-refractivity contribution < 1.29 is 18.0 Å². The largest absolute Gasteiger partial charge is 0.416 e. The first kappa shape index (κ1) is 22.2. The number of anilines is 1. The van der Waals surface area contributed by atoms with Gasteiger partial charge in [-0.2, -0.15) is 13.2 Å². The summed E-state index contributed by atoms with van der Waals surface area (Å²) in [6.07, 6.45) is 0.785. The van der Waals surface area contributed by atoms with Gasteiger partial charge in [0.05, 0.1) is 5.56 Å². The minimum Gasteiger partial charge on any atom is -0.370 e. The molecule has 3 nitrogen and oxygen atoms in total. The van der Waals surface area contributed by atoms with E-state index in [-0.39, 0.29) is 17.6 Å². The highest BCUT2D eigenvalue weighted by molar-refractivity contribution is 5.86. The second-order valence-electron chi connectivity index (χ2n) is 8.32. The van der Waals surface area contributed by atoms with Gasteiger partial charge in [0, 0.05) is 11.7 Å². The maximum Gasteiger partial charge on any atom is 0.416 e. The van der Waals surface area contributed by atoms with Crippen molar-refractivity contribution >= 4 is 11.6 Å². The number of rotatable bonds is 6. The van der Waals surface area contributed by atoms with Crippen molar-refractivity contribution in [2.24, 2.45) is 0 Å². The van der Waals surface area contributed by atoms with Gasteiger partial charge in [-0.05, 0) is 48.1 Å². The molecule has 30 heavy (non-hydrogen) atoms. The highest BCUT2D eigenvalue weighted by Crippen LogP contribution is 2.32. The van der Waals surface area contributed by atoms with Gasteiger partial charge in [-0.25, -0.2) is 0 Å². The summed E-state index contributed by atoms with van der Waals surface area (Å²) in [7, 11) is 0. The number of alkyl halides is 3. The zero-order valence-corrected chi connectivity index (χ0v) is 17.4. The number of carbonyl (C=O) groups excluding carboxylic acids is 1. The molecule has 2 aromatic carbocycles. The molecule has 1 fully saturated rings. The number of amides is 1. The zero-order valence-electron chi connectivity index (χ0n) is 17.4. The Morgan fingerprint density at radius 3 is 2.20 bits per heavy atom. The van der Waals surface area contributed by atoms with E-state index in [1.165, 1.54) is 12.5 Å². The molecule has 0 aliphatic heterocycles. The summed E-state index contributed by atoms with van der Waals surface area (Å²) in [6.45, 7) is 4.17. The van der Waals surface area contributed by atoms with Crippen molar-refractivity contribution in [3.05, 3.63) is 65.2 Å². The maximum atomic E-state index is 13.1. The van der Waals surface area contributed by atoms with Gasteiger partial charge in [-0.15, -0.1) is 0 Å². The SMILES string of the molecule is CC(C)c1ccc(C(Nc2cccc(C(F)(F)F)c2)C(=O)NC2CCCCC2)cc1. The Bertz CT molecular complexity index is 840. The topological polar surface area (TPSA) is 41.1 Å². The highest BCUT2D eigenvalue weighted by atomic mass is 19.4. The molecule has 0 saturated heterocycles. The van der Waals surface area contributed by atoms with Crippen LogP contribution in [0.1, 0.15) is 74.6 Å². The number of hydrogen-bond acceptors (Lipinski definition) is 2. The van der Waals surface area contributed by atoms with Crippen LogP contribution >= 0.6 is 0 Å². The summed E-state index contributed by atoms with van der Waals surface area (Å²) < 4.78 is 39.3. The Labute approximate surface area is 176 Å². The van der Waals surface area contributed by atoms with Gasteiger partial charge < -0.3 is 10.6 Å². The maximum absolute atomic E-state index is 13.1. The highest BCUT2D eigenvalue weighted by Gasteiger charge is 2.31. The number of halogens is 3. The predicted octanol–water partition coefficient (Wildman–Crippen LogP) is 6.43. The lowest BCUT2D eigenvalue weighted by Gasteiger charge is -2.27. The zero-order chi connectivity index (χ0) is 21.7. The fourth-order valence-electron chi connectivity index (χ4n) is 3.86. The Morgan fingerprint density at radius 1 is 0.967 bits per heavy atom. The van der Waals surface area contributed by atoms with Crippen molar-refractivity contribution in [1.29, 1.82) is 0 Å². The van der Waals surface area contributed by atoms with E-state index in [0.717, 1.165) is 48.9 Å². The Hall–Kier alpha value is -2.50. The smallest absolute Gasteiger partial charge is 0.370 e. The van der Waals surface area contributed by atoms with Gasteiger partial charge in [0.15, 0.2) is 0 Å². The third kappa shape index (κ3) is 5.77. The molecule has 1 amide bonds. The van der Waals surface area contributed by atoms with Gasteiger partial charge in [0.1, 0.15) is 6.04 Å². The Morgan fingerprint density at radius 2 is 1.60 bits per heavy atom. The van der Waals surface area contributed by atoms with Gasteiger partial charge in [-0.3, -0.25) is 4.79 Å². The van der Waals surface area contributed by atoms with Crippen molar-refractivity contribution in [3.63, 3.8) is 0 Å². The second-order valence-corrected chi connectivity index (χ2v) is 8.32. The van der Waals surface area contributed by atoms with Gasteiger partial charge in [-0.1, -0.05) is 63.4 Å². The molecule has 0 aromatic heterocycles. The van der Waals surface area contributed by atoms with E-state index in [4.69, 9.17) is 0 Å². The number of carbonyl (C=O) groups is 1. The fourth-order valence-corrected chi connectivity index (χ4v) is 3.86. The van der Waals surface area contributed by atoms with Crippen LogP contribution < -0.4 is 10.6 Å². The van der Waals surface area contributed by atoms with Gasteiger partial charge in [0.25, 0.3) is 0 Å². The summed E-state index contributed by atoms with van der Waals surface area (Å²) in [4.78, 5) is 13.1. The predicted molar refractivity (Wildman–Crippen MR) is 113 cm³/mol. The van der Waals surface area contributed by atoms with Crippen LogP contribution in [0, 0.1) is 0 Å². The molecule has 162 valence electrons. The number of benzene rings is 2. The summed E-state index contributed by atoms with van der Waals surface area (Å²) >= 11 is 0. The van der Waals surface area contributed by atoms with Crippen LogP contribution in [0.5, 0.6) is 0 Å². The van der Waals surface area contributed by atoms with Crippen LogP contribution in [0.2, 0.25) is 0 Å². The molecule has 0 bridgehead atoms. The number of nitrogens with one attached hydrogen (secondary N) is 2. The molecular formula is C24H29F3N2O. The van der Waals surface area contributed by atoms with Crippen molar-refractivity contribution in [3.8, 4) is 0 Å². The molecule has 1 saturated carbocycles. The van der Waals surface area contributed by atoms with Crippen LogP contribution in [-0.4, -0.2) is 11.9 Å². The van der Waals surface area contributed by atoms with Gasteiger partial charge >= 0.3 is 6.18 Å². The normalized spacial score (nSPS) is 16.3. The lowest BCUT2D eigenvalue weighted by Crippen LogP contribution is -2.41. The minimum absolute atomic E-state index is 0.118. The van der Waals surface area contributed by atoms with E-state index in [2.05, 4.69) is 24.5 Å².